The molecule has 0 saturated heterocycles. The fourth-order valence-corrected chi connectivity index (χ4v) is 1.93. The maximum Gasteiger partial charge on any atom is 0.407 e. The van der Waals surface area contributed by atoms with Gasteiger partial charge in [0.2, 0.25) is 0 Å². The summed E-state index contributed by atoms with van der Waals surface area (Å²) in [4.78, 5) is 16.6. The molecule has 0 aliphatic heterocycles. The molecule has 0 unspecified atom stereocenters. The zero-order chi connectivity index (χ0) is 12.2. The van der Waals surface area contributed by atoms with Crippen molar-refractivity contribution in [2.75, 3.05) is 0 Å². The molecule has 1 N–H and O–H groups in total. The lowest BCUT2D eigenvalue weighted by Crippen LogP contribution is -2.38. The van der Waals surface area contributed by atoms with E-state index in [0.29, 0.717) is 0 Å². The Labute approximate surface area is 100 Å². The number of carbonyl (C=O) groups is 1. The largest absolute Gasteiger partial charge is 0.444 e. The molecule has 1 aromatic rings. The molecule has 0 spiro atoms. The standard InChI is InChI=1S/C11H18N2O2S/c1-8(5-9-6-12-7-16-9)13-10(14)15-11(2,3)4/h6-8H,5H2,1-4H3,(H,13,14)/t8-/m0/s1. The van der Waals surface area contributed by atoms with Gasteiger partial charge in [-0.05, 0) is 27.7 Å². The molecule has 0 aromatic carbocycles. The zero-order valence-electron chi connectivity index (χ0n) is 10.1. The number of carbonyl (C=O) groups excluding carboxylic acids is 1. The van der Waals surface area contributed by atoms with Gasteiger partial charge in [-0.2, -0.15) is 0 Å². The number of ether oxygens (including phenoxy) is 1. The highest BCUT2D eigenvalue weighted by Crippen LogP contribution is 2.10. The van der Waals surface area contributed by atoms with Gasteiger partial charge in [0, 0.05) is 23.5 Å². The van der Waals surface area contributed by atoms with E-state index in [1.807, 2.05) is 33.9 Å². The van der Waals surface area contributed by atoms with Crippen molar-refractivity contribution < 1.29 is 9.53 Å². The average molecular weight is 242 g/mol. The van der Waals surface area contributed by atoms with Crippen LogP contribution in [0, 0.1) is 0 Å². The number of rotatable bonds is 3. The summed E-state index contributed by atoms with van der Waals surface area (Å²) in [5.41, 5.74) is 1.34. The third-order valence-corrected chi connectivity index (χ3v) is 2.56. The molecule has 1 heterocycles. The highest BCUT2D eigenvalue weighted by molar-refractivity contribution is 7.09. The number of nitrogens with zero attached hydrogens (tertiary/aromatic N) is 1. The Bertz CT molecular complexity index is 330. The van der Waals surface area contributed by atoms with E-state index in [-0.39, 0.29) is 12.1 Å². The second-order valence-electron chi connectivity index (χ2n) is 4.72. The van der Waals surface area contributed by atoms with Crippen molar-refractivity contribution in [1.82, 2.24) is 10.3 Å². The third-order valence-electron chi connectivity index (χ3n) is 1.75. The lowest BCUT2D eigenvalue weighted by Gasteiger charge is -2.21. The first kappa shape index (κ1) is 13.0. The molecule has 1 atom stereocenters. The lowest BCUT2D eigenvalue weighted by molar-refractivity contribution is 0.0509. The molecule has 0 saturated carbocycles. The fourth-order valence-electron chi connectivity index (χ4n) is 1.20. The SMILES string of the molecule is C[C@@H](Cc1cncs1)NC(=O)OC(C)(C)C. The summed E-state index contributed by atoms with van der Waals surface area (Å²) in [6.07, 6.45) is 2.23. The number of hydrogen-bond acceptors (Lipinski definition) is 4. The van der Waals surface area contributed by atoms with Crippen molar-refractivity contribution in [3.63, 3.8) is 0 Å². The van der Waals surface area contributed by atoms with Gasteiger partial charge < -0.3 is 10.1 Å². The first-order valence-electron chi connectivity index (χ1n) is 5.24. The van der Waals surface area contributed by atoms with Crippen molar-refractivity contribution >= 4 is 17.4 Å². The third kappa shape index (κ3) is 5.11. The molecule has 0 radical (unpaired) electrons. The average Bonchev–Trinajstić information content (AvgIpc) is 2.51. The summed E-state index contributed by atoms with van der Waals surface area (Å²) >= 11 is 1.59. The predicted molar refractivity (Wildman–Crippen MR) is 64.6 cm³/mol. The van der Waals surface area contributed by atoms with Crippen LogP contribution in [-0.2, 0) is 11.2 Å². The minimum Gasteiger partial charge on any atom is -0.444 e. The van der Waals surface area contributed by atoms with Gasteiger partial charge in [0.1, 0.15) is 5.60 Å². The molecule has 0 bridgehead atoms. The Morgan fingerprint density at radius 1 is 1.62 bits per heavy atom. The quantitative estimate of drug-likeness (QED) is 0.886. The lowest BCUT2D eigenvalue weighted by atomic mass is 10.2. The van der Waals surface area contributed by atoms with E-state index in [2.05, 4.69) is 10.3 Å². The molecular formula is C11H18N2O2S. The summed E-state index contributed by atoms with van der Waals surface area (Å²) in [5.74, 6) is 0. The molecular weight excluding hydrogens is 224 g/mol. The maximum atomic E-state index is 11.5. The monoisotopic (exact) mass is 242 g/mol. The van der Waals surface area contributed by atoms with Gasteiger partial charge in [-0.25, -0.2) is 4.79 Å². The van der Waals surface area contributed by atoms with Crippen molar-refractivity contribution in [1.29, 1.82) is 0 Å². The van der Waals surface area contributed by atoms with Crippen LogP contribution in [0.5, 0.6) is 0 Å². The summed E-state index contributed by atoms with van der Waals surface area (Å²) in [5, 5.41) is 2.79. The van der Waals surface area contributed by atoms with Gasteiger partial charge in [-0.15, -0.1) is 11.3 Å². The van der Waals surface area contributed by atoms with E-state index in [4.69, 9.17) is 4.74 Å². The molecule has 1 aromatic heterocycles. The summed E-state index contributed by atoms with van der Waals surface area (Å²) < 4.78 is 5.17. The molecule has 1 amide bonds. The van der Waals surface area contributed by atoms with Crippen molar-refractivity contribution in [2.24, 2.45) is 0 Å². The van der Waals surface area contributed by atoms with Crippen LogP contribution < -0.4 is 5.32 Å². The van der Waals surface area contributed by atoms with Crippen LogP contribution in [0.25, 0.3) is 0 Å². The Morgan fingerprint density at radius 3 is 2.81 bits per heavy atom. The molecule has 1 rings (SSSR count). The molecule has 4 nitrogen and oxygen atoms in total. The van der Waals surface area contributed by atoms with E-state index in [0.717, 1.165) is 11.3 Å². The van der Waals surface area contributed by atoms with Crippen LogP contribution in [0.3, 0.4) is 0 Å². The Hall–Kier alpha value is -1.10. The minimum absolute atomic E-state index is 0.0512. The second kappa shape index (κ2) is 5.30. The minimum atomic E-state index is -0.450. The molecule has 0 aliphatic rings. The Kier molecular flexibility index (Phi) is 4.29. The number of thiazole rings is 1. The Morgan fingerprint density at radius 2 is 2.31 bits per heavy atom. The van der Waals surface area contributed by atoms with Crippen LogP contribution in [0.4, 0.5) is 4.79 Å². The van der Waals surface area contributed by atoms with Crippen molar-refractivity contribution in [2.45, 2.75) is 45.8 Å². The molecule has 0 fully saturated rings. The van der Waals surface area contributed by atoms with Crippen LogP contribution >= 0.6 is 11.3 Å². The van der Waals surface area contributed by atoms with Gasteiger partial charge >= 0.3 is 6.09 Å². The number of aromatic nitrogens is 1. The fraction of sp³-hybridized carbons (Fsp3) is 0.636. The van der Waals surface area contributed by atoms with E-state index < -0.39 is 5.60 Å². The van der Waals surface area contributed by atoms with Gasteiger partial charge in [0.25, 0.3) is 0 Å². The molecule has 90 valence electrons. The van der Waals surface area contributed by atoms with Crippen LogP contribution in [0.1, 0.15) is 32.6 Å². The highest BCUT2D eigenvalue weighted by atomic mass is 32.1. The summed E-state index contributed by atoms with van der Waals surface area (Å²) in [6, 6.07) is 0.0512. The smallest absolute Gasteiger partial charge is 0.407 e. The number of amides is 1. The normalized spacial score (nSPS) is 13.2. The molecule has 0 aliphatic carbocycles. The van der Waals surface area contributed by atoms with Crippen molar-refractivity contribution in [3.05, 3.63) is 16.6 Å². The second-order valence-corrected chi connectivity index (χ2v) is 5.69. The van der Waals surface area contributed by atoms with E-state index >= 15 is 0 Å². The van der Waals surface area contributed by atoms with Crippen LogP contribution in [0.15, 0.2) is 11.7 Å². The molecule has 16 heavy (non-hydrogen) atoms. The van der Waals surface area contributed by atoms with E-state index in [9.17, 15) is 4.79 Å². The predicted octanol–water partition coefficient (Wildman–Crippen LogP) is 2.60. The van der Waals surface area contributed by atoms with E-state index in [1.165, 1.54) is 0 Å². The van der Waals surface area contributed by atoms with Gasteiger partial charge in [0.05, 0.1) is 5.51 Å². The summed E-state index contributed by atoms with van der Waals surface area (Å²) in [6.45, 7) is 7.49. The summed E-state index contributed by atoms with van der Waals surface area (Å²) in [7, 11) is 0. The first-order valence-corrected chi connectivity index (χ1v) is 6.11. The van der Waals surface area contributed by atoms with Gasteiger partial charge in [-0.1, -0.05) is 0 Å². The topological polar surface area (TPSA) is 51.2 Å². The Balaban J connectivity index is 2.34. The number of alkyl carbamates (subject to hydrolysis) is 1. The van der Waals surface area contributed by atoms with Gasteiger partial charge in [-0.3, -0.25) is 4.98 Å². The molecule has 5 heteroatoms. The van der Waals surface area contributed by atoms with Crippen LogP contribution in [0.2, 0.25) is 0 Å². The number of hydrogen-bond donors (Lipinski definition) is 1. The van der Waals surface area contributed by atoms with Crippen molar-refractivity contribution in [3.8, 4) is 0 Å². The maximum absolute atomic E-state index is 11.5. The number of nitrogens with one attached hydrogen (secondary N) is 1. The van der Waals surface area contributed by atoms with Gasteiger partial charge in [0.15, 0.2) is 0 Å². The highest BCUT2D eigenvalue weighted by Gasteiger charge is 2.17. The zero-order valence-corrected chi connectivity index (χ0v) is 10.9. The first-order chi connectivity index (χ1) is 7.37. The van der Waals surface area contributed by atoms with Crippen LogP contribution in [-0.4, -0.2) is 22.7 Å². The van der Waals surface area contributed by atoms with E-state index in [1.54, 1.807) is 16.8 Å².